The van der Waals surface area contributed by atoms with Crippen molar-refractivity contribution in [2.45, 2.75) is 12.6 Å². The Bertz CT molecular complexity index is 411. The average molecular weight is 201 g/mol. The number of hydrogen-bond acceptors (Lipinski definition) is 3. The first-order valence-electron chi connectivity index (χ1n) is 4.67. The molecule has 1 aliphatic rings. The van der Waals surface area contributed by atoms with E-state index in [9.17, 15) is 4.79 Å². The lowest BCUT2D eigenvalue weighted by Gasteiger charge is -2.18. The molecule has 1 unspecified atom stereocenters. The van der Waals surface area contributed by atoms with Crippen molar-refractivity contribution in [3.63, 3.8) is 0 Å². The maximum absolute atomic E-state index is 11.8. The fourth-order valence-electron chi connectivity index (χ4n) is 1.32. The summed E-state index contributed by atoms with van der Waals surface area (Å²) in [5.74, 6) is -0.149. The highest BCUT2D eigenvalue weighted by molar-refractivity contribution is 5.94. The lowest BCUT2D eigenvalue weighted by Crippen LogP contribution is -2.41. The quantitative estimate of drug-likeness (QED) is 0.782. The third-order valence-corrected chi connectivity index (χ3v) is 2.13. The van der Waals surface area contributed by atoms with E-state index in [0.717, 1.165) is 0 Å². The molecule has 1 amide bonds. The Morgan fingerprint density at radius 2 is 2.07 bits per heavy atom. The minimum Gasteiger partial charge on any atom is -0.323 e. The number of amides is 1. The van der Waals surface area contributed by atoms with Crippen molar-refractivity contribution in [1.82, 2.24) is 5.32 Å². The summed E-state index contributed by atoms with van der Waals surface area (Å²) < 4.78 is 0. The van der Waals surface area contributed by atoms with E-state index in [2.05, 4.69) is 15.5 Å². The van der Waals surface area contributed by atoms with Crippen molar-refractivity contribution in [1.29, 1.82) is 0 Å². The molecule has 0 saturated carbocycles. The molecular formula is C11H11N3O. The Balaban J connectivity index is 2.11. The number of nitrogens with zero attached hydrogens (tertiary/aromatic N) is 2. The summed E-state index contributed by atoms with van der Waals surface area (Å²) in [4.78, 5) is 11.8. The third kappa shape index (κ3) is 2.10. The van der Waals surface area contributed by atoms with Crippen LogP contribution in [0.5, 0.6) is 0 Å². The van der Waals surface area contributed by atoms with E-state index >= 15 is 0 Å². The highest BCUT2D eigenvalue weighted by Crippen LogP contribution is 2.15. The maximum Gasteiger partial charge on any atom is 0.253 e. The van der Waals surface area contributed by atoms with Crippen LogP contribution < -0.4 is 5.32 Å². The first kappa shape index (κ1) is 9.58. The molecule has 0 fully saturated rings. The molecule has 76 valence electrons. The Kier molecular flexibility index (Phi) is 2.33. The Morgan fingerprint density at radius 1 is 1.33 bits per heavy atom. The fraction of sp³-hybridized carbons (Fsp3) is 0.182. The highest BCUT2D eigenvalue weighted by atomic mass is 16.2. The van der Waals surface area contributed by atoms with Gasteiger partial charge in [0.2, 0.25) is 0 Å². The number of benzene rings is 1. The average Bonchev–Trinajstić information content (AvgIpc) is 2.66. The van der Waals surface area contributed by atoms with Crippen LogP contribution in [-0.4, -0.2) is 11.6 Å². The van der Waals surface area contributed by atoms with Crippen LogP contribution in [0.1, 0.15) is 17.3 Å². The second kappa shape index (κ2) is 3.65. The van der Waals surface area contributed by atoms with Gasteiger partial charge in [0.05, 0.1) is 0 Å². The van der Waals surface area contributed by atoms with E-state index in [0.29, 0.717) is 5.56 Å². The van der Waals surface area contributed by atoms with E-state index in [1.54, 1.807) is 31.3 Å². The summed E-state index contributed by atoms with van der Waals surface area (Å²) in [5.41, 5.74) is -0.0818. The van der Waals surface area contributed by atoms with E-state index < -0.39 is 5.66 Å². The van der Waals surface area contributed by atoms with Crippen molar-refractivity contribution in [2.75, 3.05) is 0 Å². The van der Waals surface area contributed by atoms with E-state index in [4.69, 9.17) is 0 Å². The smallest absolute Gasteiger partial charge is 0.253 e. The summed E-state index contributed by atoms with van der Waals surface area (Å²) in [6.45, 7) is 1.79. The van der Waals surface area contributed by atoms with Crippen LogP contribution in [0.15, 0.2) is 52.8 Å². The first-order chi connectivity index (χ1) is 7.20. The second-order valence-electron chi connectivity index (χ2n) is 3.50. The van der Waals surface area contributed by atoms with Gasteiger partial charge in [0.1, 0.15) is 0 Å². The van der Waals surface area contributed by atoms with Crippen LogP contribution in [0.2, 0.25) is 0 Å². The predicted octanol–water partition coefficient (Wildman–Crippen LogP) is 2.11. The van der Waals surface area contributed by atoms with Gasteiger partial charge in [0.15, 0.2) is 5.66 Å². The van der Waals surface area contributed by atoms with Crippen molar-refractivity contribution in [3.8, 4) is 0 Å². The summed E-state index contributed by atoms with van der Waals surface area (Å²) in [7, 11) is 0. The van der Waals surface area contributed by atoms with E-state index in [1.165, 1.54) is 0 Å². The largest absolute Gasteiger partial charge is 0.323 e. The van der Waals surface area contributed by atoms with Gasteiger partial charge >= 0.3 is 0 Å². The number of rotatable bonds is 2. The molecule has 0 saturated heterocycles. The SMILES string of the molecule is CC1(NC(=O)c2ccccc2)C=CN=N1. The molecule has 1 heterocycles. The molecular weight excluding hydrogens is 190 g/mol. The van der Waals surface area contributed by atoms with Gasteiger partial charge in [-0.3, -0.25) is 4.79 Å². The fourth-order valence-corrected chi connectivity index (χ4v) is 1.32. The normalized spacial score (nSPS) is 23.0. The zero-order chi connectivity index (χ0) is 10.7. The molecule has 4 heteroatoms. The van der Waals surface area contributed by atoms with Crippen LogP contribution in [0.4, 0.5) is 0 Å². The molecule has 1 aromatic carbocycles. The number of nitrogens with one attached hydrogen (secondary N) is 1. The zero-order valence-corrected chi connectivity index (χ0v) is 8.34. The van der Waals surface area contributed by atoms with Crippen LogP contribution >= 0.6 is 0 Å². The first-order valence-corrected chi connectivity index (χ1v) is 4.67. The molecule has 0 spiro atoms. The van der Waals surface area contributed by atoms with Crippen LogP contribution in [0.3, 0.4) is 0 Å². The lowest BCUT2D eigenvalue weighted by molar-refractivity contribution is 0.0924. The molecule has 1 aromatic rings. The van der Waals surface area contributed by atoms with Crippen LogP contribution in [0.25, 0.3) is 0 Å². The highest BCUT2D eigenvalue weighted by Gasteiger charge is 2.25. The van der Waals surface area contributed by atoms with Crippen LogP contribution in [0, 0.1) is 0 Å². The minimum absolute atomic E-state index is 0.149. The summed E-state index contributed by atoms with van der Waals surface area (Å²) in [5, 5.41) is 10.4. The van der Waals surface area contributed by atoms with Crippen molar-refractivity contribution in [3.05, 3.63) is 48.2 Å². The molecule has 1 atom stereocenters. The van der Waals surface area contributed by atoms with Crippen molar-refractivity contribution >= 4 is 5.91 Å². The summed E-state index contributed by atoms with van der Waals surface area (Å²) in [6, 6.07) is 9.03. The Labute approximate surface area is 87.7 Å². The topological polar surface area (TPSA) is 53.8 Å². The summed E-state index contributed by atoms with van der Waals surface area (Å²) >= 11 is 0. The standard InChI is InChI=1S/C11H11N3O/c1-11(7-8-12-14-11)13-10(15)9-5-3-2-4-6-9/h2-8H,1H3,(H,13,15). The number of hydrogen-bond donors (Lipinski definition) is 1. The zero-order valence-electron chi connectivity index (χ0n) is 8.34. The molecule has 2 rings (SSSR count). The van der Waals surface area contributed by atoms with Gasteiger partial charge in [-0.05, 0) is 25.1 Å². The Hall–Kier alpha value is -1.97. The monoisotopic (exact) mass is 201 g/mol. The van der Waals surface area contributed by atoms with Crippen molar-refractivity contribution < 1.29 is 4.79 Å². The molecule has 4 nitrogen and oxygen atoms in total. The second-order valence-corrected chi connectivity index (χ2v) is 3.50. The molecule has 1 N–H and O–H groups in total. The number of carbonyl (C=O) groups is 1. The van der Waals surface area contributed by atoms with E-state index in [-0.39, 0.29) is 5.91 Å². The van der Waals surface area contributed by atoms with Gasteiger partial charge in [0.25, 0.3) is 5.91 Å². The minimum atomic E-state index is -0.701. The lowest BCUT2D eigenvalue weighted by atomic mass is 10.1. The number of carbonyl (C=O) groups excluding carboxylic acids is 1. The van der Waals surface area contributed by atoms with Gasteiger partial charge < -0.3 is 5.32 Å². The predicted molar refractivity (Wildman–Crippen MR) is 56.3 cm³/mol. The molecule has 15 heavy (non-hydrogen) atoms. The maximum atomic E-state index is 11.8. The molecule has 0 bridgehead atoms. The van der Waals surface area contributed by atoms with E-state index in [1.807, 2.05) is 18.2 Å². The Morgan fingerprint density at radius 3 is 2.67 bits per heavy atom. The molecule has 0 aliphatic carbocycles. The van der Waals surface area contributed by atoms with Gasteiger partial charge in [-0.15, -0.1) is 0 Å². The van der Waals surface area contributed by atoms with Gasteiger partial charge in [-0.1, -0.05) is 18.2 Å². The summed E-state index contributed by atoms with van der Waals surface area (Å²) in [6.07, 6.45) is 3.32. The number of azo groups is 1. The third-order valence-electron chi connectivity index (χ3n) is 2.13. The van der Waals surface area contributed by atoms with Gasteiger partial charge in [0, 0.05) is 11.8 Å². The molecule has 0 aromatic heterocycles. The molecule has 1 aliphatic heterocycles. The van der Waals surface area contributed by atoms with Crippen molar-refractivity contribution in [2.24, 2.45) is 10.2 Å². The van der Waals surface area contributed by atoms with Gasteiger partial charge in [-0.2, -0.15) is 10.2 Å². The molecule has 0 radical (unpaired) electrons. The van der Waals surface area contributed by atoms with Crippen LogP contribution in [-0.2, 0) is 0 Å². The van der Waals surface area contributed by atoms with Gasteiger partial charge in [-0.25, -0.2) is 0 Å².